The SMILES string of the molecule is Cc1cccc(NCC(=O)Nc2cccc(OCC3CCCO3)c2)c1. The summed E-state index contributed by atoms with van der Waals surface area (Å²) >= 11 is 0. The molecule has 1 heterocycles. The Labute approximate surface area is 148 Å². The van der Waals surface area contributed by atoms with Crippen LogP contribution in [0.5, 0.6) is 5.75 Å². The van der Waals surface area contributed by atoms with E-state index in [2.05, 4.69) is 10.6 Å². The Hall–Kier alpha value is -2.53. The number of anilines is 2. The van der Waals surface area contributed by atoms with Crippen molar-refractivity contribution in [1.82, 2.24) is 0 Å². The first-order valence-electron chi connectivity index (χ1n) is 8.64. The predicted molar refractivity (Wildman–Crippen MR) is 99.2 cm³/mol. The first-order valence-corrected chi connectivity index (χ1v) is 8.64. The van der Waals surface area contributed by atoms with Crippen molar-refractivity contribution in [3.05, 3.63) is 54.1 Å². The van der Waals surface area contributed by atoms with Gasteiger partial charge >= 0.3 is 0 Å². The third kappa shape index (κ3) is 5.50. The summed E-state index contributed by atoms with van der Waals surface area (Å²) in [6, 6.07) is 15.4. The molecule has 1 aliphatic heterocycles. The number of hydrogen-bond donors (Lipinski definition) is 2. The van der Waals surface area contributed by atoms with Crippen LogP contribution < -0.4 is 15.4 Å². The molecule has 1 atom stereocenters. The van der Waals surface area contributed by atoms with Gasteiger partial charge in [-0.15, -0.1) is 0 Å². The fraction of sp³-hybridized carbons (Fsp3) is 0.350. The summed E-state index contributed by atoms with van der Waals surface area (Å²) in [6.45, 7) is 3.60. The lowest BCUT2D eigenvalue weighted by atomic mass is 10.2. The Balaban J connectivity index is 1.48. The Bertz CT molecular complexity index is 712. The second kappa shape index (κ2) is 8.53. The van der Waals surface area contributed by atoms with Crippen molar-refractivity contribution in [3.63, 3.8) is 0 Å². The van der Waals surface area contributed by atoms with Crippen LogP contribution in [0.4, 0.5) is 11.4 Å². The number of hydrogen-bond acceptors (Lipinski definition) is 4. The molecule has 1 amide bonds. The van der Waals surface area contributed by atoms with Gasteiger partial charge in [-0.1, -0.05) is 18.2 Å². The average molecular weight is 340 g/mol. The maximum absolute atomic E-state index is 12.1. The zero-order valence-electron chi connectivity index (χ0n) is 14.5. The number of benzene rings is 2. The van der Waals surface area contributed by atoms with E-state index in [1.54, 1.807) is 0 Å². The zero-order valence-corrected chi connectivity index (χ0v) is 14.5. The molecule has 1 aliphatic rings. The molecule has 0 aliphatic carbocycles. The average Bonchev–Trinajstić information content (AvgIpc) is 3.12. The minimum Gasteiger partial charge on any atom is -0.491 e. The standard InChI is InChI=1S/C20H24N2O3/c1-15-5-2-6-16(11-15)21-13-20(23)22-17-7-3-8-18(12-17)25-14-19-9-4-10-24-19/h2-3,5-8,11-12,19,21H,4,9-10,13-14H2,1H3,(H,22,23). The minimum atomic E-state index is -0.0993. The second-order valence-corrected chi connectivity index (χ2v) is 6.25. The molecule has 0 bridgehead atoms. The van der Waals surface area contributed by atoms with Crippen LogP contribution in [-0.2, 0) is 9.53 Å². The van der Waals surface area contributed by atoms with Gasteiger partial charge in [0.1, 0.15) is 12.4 Å². The van der Waals surface area contributed by atoms with E-state index in [-0.39, 0.29) is 18.6 Å². The zero-order chi connectivity index (χ0) is 17.5. The van der Waals surface area contributed by atoms with Crippen LogP contribution >= 0.6 is 0 Å². The number of nitrogens with one attached hydrogen (secondary N) is 2. The Morgan fingerprint density at radius 2 is 2.04 bits per heavy atom. The summed E-state index contributed by atoms with van der Waals surface area (Å²) < 4.78 is 11.3. The smallest absolute Gasteiger partial charge is 0.243 e. The van der Waals surface area contributed by atoms with Crippen molar-refractivity contribution in [1.29, 1.82) is 0 Å². The molecule has 1 fully saturated rings. The van der Waals surface area contributed by atoms with E-state index in [0.29, 0.717) is 6.61 Å². The van der Waals surface area contributed by atoms with Gasteiger partial charge in [0.2, 0.25) is 5.91 Å². The topological polar surface area (TPSA) is 59.6 Å². The maximum atomic E-state index is 12.1. The number of carbonyl (C=O) groups is 1. The molecule has 0 saturated carbocycles. The minimum absolute atomic E-state index is 0.0993. The summed E-state index contributed by atoms with van der Waals surface area (Å²) in [4.78, 5) is 12.1. The highest BCUT2D eigenvalue weighted by Gasteiger charge is 2.16. The third-order valence-corrected chi connectivity index (χ3v) is 4.05. The van der Waals surface area contributed by atoms with Gasteiger partial charge in [0.15, 0.2) is 0 Å². The molecule has 2 N–H and O–H groups in total. The quantitative estimate of drug-likeness (QED) is 0.808. The lowest BCUT2D eigenvalue weighted by molar-refractivity contribution is -0.114. The number of carbonyl (C=O) groups excluding carboxylic acids is 1. The van der Waals surface area contributed by atoms with Crippen LogP contribution in [0.1, 0.15) is 18.4 Å². The summed E-state index contributed by atoms with van der Waals surface area (Å²) in [7, 11) is 0. The van der Waals surface area contributed by atoms with Crippen LogP contribution in [0, 0.1) is 6.92 Å². The number of rotatable bonds is 7. The van der Waals surface area contributed by atoms with E-state index in [4.69, 9.17) is 9.47 Å². The molecule has 5 nitrogen and oxygen atoms in total. The highest BCUT2D eigenvalue weighted by Crippen LogP contribution is 2.19. The van der Waals surface area contributed by atoms with Crippen molar-refractivity contribution in [2.45, 2.75) is 25.9 Å². The fourth-order valence-corrected chi connectivity index (χ4v) is 2.77. The van der Waals surface area contributed by atoms with Crippen LogP contribution in [-0.4, -0.2) is 31.8 Å². The van der Waals surface area contributed by atoms with Crippen LogP contribution in [0.25, 0.3) is 0 Å². The molecule has 1 unspecified atom stereocenters. The van der Waals surface area contributed by atoms with Crippen molar-refractivity contribution in [3.8, 4) is 5.75 Å². The largest absolute Gasteiger partial charge is 0.491 e. The van der Waals surface area contributed by atoms with E-state index < -0.39 is 0 Å². The van der Waals surface area contributed by atoms with Crippen molar-refractivity contribution in [2.75, 3.05) is 30.4 Å². The Morgan fingerprint density at radius 3 is 2.84 bits per heavy atom. The number of ether oxygens (including phenoxy) is 2. The molecular weight excluding hydrogens is 316 g/mol. The first kappa shape index (κ1) is 17.3. The number of aryl methyl sites for hydroxylation is 1. The summed E-state index contributed by atoms with van der Waals surface area (Å²) in [5.74, 6) is 0.637. The molecule has 1 saturated heterocycles. The normalized spacial score (nSPS) is 16.4. The highest BCUT2D eigenvalue weighted by atomic mass is 16.5. The van der Waals surface area contributed by atoms with Crippen molar-refractivity contribution >= 4 is 17.3 Å². The molecule has 0 aromatic heterocycles. The first-order chi connectivity index (χ1) is 12.2. The molecule has 0 radical (unpaired) electrons. The lowest BCUT2D eigenvalue weighted by Crippen LogP contribution is -2.21. The number of amides is 1. The molecule has 0 spiro atoms. The van der Waals surface area contributed by atoms with Gasteiger partial charge in [-0.2, -0.15) is 0 Å². The molecule has 25 heavy (non-hydrogen) atoms. The van der Waals surface area contributed by atoms with E-state index in [1.807, 2.05) is 55.5 Å². The summed E-state index contributed by atoms with van der Waals surface area (Å²) in [5.41, 5.74) is 2.81. The van der Waals surface area contributed by atoms with E-state index in [9.17, 15) is 4.79 Å². The van der Waals surface area contributed by atoms with E-state index in [1.165, 1.54) is 0 Å². The fourth-order valence-electron chi connectivity index (χ4n) is 2.77. The van der Waals surface area contributed by atoms with Gasteiger partial charge in [0, 0.05) is 24.0 Å². The summed E-state index contributed by atoms with van der Waals surface area (Å²) in [5, 5.41) is 6.00. The van der Waals surface area contributed by atoms with Crippen molar-refractivity contribution < 1.29 is 14.3 Å². The van der Waals surface area contributed by atoms with Crippen LogP contribution in [0.3, 0.4) is 0 Å². The maximum Gasteiger partial charge on any atom is 0.243 e. The molecule has 2 aromatic rings. The van der Waals surface area contributed by atoms with Gasteiger partial charge in [-0.25, -0.2) is 0 Å². The van der Waals surface area contributed by atoms with Gasteiger partial charge in [-0.3, -0.25) is 4.79 Å². The van der Waals surface area contributed by atoms with Crippen LogP contribution in [0.15, 0.2) is 48.5 Å². The molecule has 132 valence electrons. The molecule has 3 rings (SSSR count). The van der Waals surface area contributed by atoms with Gasteiger partial charge in [0.05, 0.1) is 12.6 Å². The highest BCUT2D eigenvalue weighted by molar-refractivity contribution is 5.93. The van der Waals surface area contributed by atoms with E-state index >= 15 is 0 Å². The van der Waals surface area contributed by atoms with Crippen LogP contribution in [0.2, 0.25) is 0 Å². The monoisotopic (exact) mass is 340 g/mol. The van der Waals surface area contributed by atoms with Crippen molar-refractivity contribution in [2.24, 2.45) is 0 Å². The molecule has 5 heteroatoms. The van der Waals surface area contributed by atoms with E-state index in [0.717, 1.165) is 42.1 Å². The Kier molecular flexibility index (Phi) is 5.90. The molecule has 2 aromatic carbocycles. The van der Waals surface area contributed by atoms with Gasteiger partial charge < -0.3 is 20.1 Å². The Morgan fingerprint density at radius 1 is 1.20 bits per heavy atom. The van der Waals surface area contributed by atoms with Gasteiger partial charge in [-0.05, 0) is 49.6 Å². The lowest BCUT2D eigenvalue weighted by Gasteiger charge is -2.13. The predicted octanol–water partition coefficient (Wildman–Crippen LogP) is 3.60. The third-order valence-electron chi connectivity index (χ3n) is 4.05. The van der Waals surface area contributed by atoms with Gasteiger partial charge in [0.25, 0.3) is 0 Å². The molecular formula is C20H24N2O3. The summed E-state index contributed by atoms with van der Waals surface area (Å²) in [6.07, 6.45) is 2.32. The second-order valence-electron chi connectivity index (χ2n) is 6.25.